The van der Waals surface area contributed by atoms with Crippen molar-refractivity contribution in [2.45, 2.75) is 25.2 Å². The van der Waals surface area contributed by atoms with Crippen LogP contribution in [0.2, 0.25) is 5.02 Å². The maximum atomic E-state index is 13.1. The third-order valence-corrected chi connectivity index (χ3v) is 5.80. The molecule has 0 saturated carbocycles. The van der Waals surface area contributed by atoms with E-state index in [1.165, 1.54) is 18.3 Å². The first kappa shape index (κ1) is 25.0. The molecule has 0 bridgehead atoms. The molecule has 8 nitrogen and oxygen atoms in total. The van der Waals surface area contributed by atoms with Gasteiger partial charge < -0.3 is 15.4 Å². The second-order valence-corrected chi connectivity index (χ2v) is 8.25. The molecule has 0 aliphatic carbocycles. The van der Waals surface area contributed by atoms with Crippen molar-refractivity contribution in [3.8, 4) is 5.75 Å². The van der Waals surface area contributed by atoms with E-state index in [1.807, 2.05) is 0 Å². The molecular weight excluding hydrogens is 501 g/mol. The van der Waals surface area contributed by atoms with Crippen LogP contribution >= 0.6 is 11.6 Å². The molecule has 1 fully saturated rings. The molecule has 4 rings (SSSR count). The summed E-state index contributed by atoms with van der Waals surface area (Å²) >= 11 is 6.06. The van der Waals surface area contributed by atoms with E-state index in [-0.39, 0.29) is 22.1 Å². The molecule has 0 spiro atoms. The van der Waals surface area contributed by atoms with Crippen molar-refractivity contribution in [1.29, 1.82) is 0 Å². The molecule has 2 heterocycles. The highest BCUT2D eigenvalue weighted by Crippen LogP contribution is 2.30. The molecule has 3 aromatic rings. The van der Waals surface area contributed by atoms with E-state index in [2.05, 4.69) is 20.4 Å². The Morgan fingerprint density at radius 1 is 1.14 bits per heavy atom. The maximum absolute atomic E-state index is 13.1. The standard InChI is InChI=1S/C24H18ClF3N4O4/c1-13(14-10-11-29-19(12-14)30-21(33)17-4-2-3-5-18(17)25)20-22(34)32(23(35)31-20)15-6-8-16(9-7-15)36-24(26,27)28/h2-13,20H,1H3,(H,31,35)(H,29,30,33). The number of nitrogens with one attached hydrogen (secondary N) is 2. The average Bonchev–Trinajstić information content (AvgIpc) is 3.12. The number of aromatic nitrogens is 1. The van der Waals surface area contributed by atoms with Crippen LogP contribution in [0.15, 0.2) is 66.9 Å². The van der Waals surface area contributed by atoms with E-state index in [0.29, 0.717) is 5.56 Å². The SMILES string of the molecule is CC(c1ccnc(NC(=O)c2ccccc2Cl)c1)C1NC(=O)N(c2ccc(OC(F)(F)F)cc2)C1=O. The summed E-state index contributed by atoms with van der Waals surface area (Å²) in [5.74, 6) is -1.84. The number of urea groups is 1. The highest BCUT2D eigenvalue weighted by Gasteiger charge is 2.42. The molecule has 12 heteroatoms. The number of amides is 4. The molecule has 2 N–H and O–H groups in total. The summed E-state index contributed by atoms with van der Waals surface area (Å²) in [6, 6.07) is 12.4. The fourth-order valence-electron chi connectivity index (χ4n) is 3.70. The minimum atomic E-state index is -4.86. The zero-order valence-corrected chi connectivity index (χ0v) is 19.3. The number of nitrogens with zero attached hydrogens (tertiary/aromatic N) is 2. The lowest BCUT2D eigenvalue weighted by Gasteiger charge is -2.19. The van der Waals surface area contributed by atoms with Crippen LogP contribution in [0.25, 0.3) is 0 Å². The summed E-state index contributed by atoms with van der Waals surface area (Å²) < 4.78 is 41.0. The number of anilines is 2. The van der Waals surface area contributed by atoms with Gasteiger partial charge in [-0.2, -0.15) is 0 Å². The van der Waals surface area contributed by atoms with Crippen LogP contribution in [0.4, 0.5) is 29.5 Å². The van der Waals surface area contributed by atoms with Crippen molar-refractivity contribution in [3.63, 3.8) is 0 Å². The van der Waals surface area contributed by atoms with E-state index in [9.17, 15) is 27.6 Å². The van der Waals surface area contributed by atoms with Crippen molar-refractivity contribution in [2.24, 2.45) is 0 Å². The van der Waals surface area contributed by atoms with Crippen molar-refractivity contribution >= 4 is 41.0 Å². The van der Waals surface area contributed by atoms with Gasteiger partial charge in [-0.25, -0.2) is 14.7 Å². The number of benzene rings is 2. The van der Waals surface area contributed by atoms with Crippen LogP contribution in [-0.2, 0) is 4.79 Å². The normalized spacial score (nSPS) is 16.5. The zero-order chi connectivity index (χ0) is 26.0. The van der Waals surface area contributed by atoms with Crippen LogP contribution < -0.4 is 20.3 Å². The third kappa shape index (κ3) is 5.41. The molecule has 36 heavy (non-hydrogen) atoms. The summed E-state index contributed by atoms with van der Waals surface area (Å²) in [4.78, 5) is 43.1. The number of pyridine rings is 1. The Kier molecular flexibility index (Phi) is 6.84. The van der Waals surface area contributed by atoms with Gasteiger partial charge in [0.1, 0.15) is 17.6 Å². The lowest BCUT2D eigenvalue weighted by Crippen LogP contribution is -2.35. The Bertz CT molecular complexity index is 1320. The maximum Gasteiger partial charge on any atom is 0.573 e. The Balaban J connectivity index is 1.49. The van der Waals surface area contributed by atoms with Gasteiger partial charge >= 0.3 is 12.4 Å². The quantitative estimate of drug-likeness (QED) is 0.441. The van der Waals surface area contributed by atoms with Crippen LogP contribution in [-0.4, -0.2) is 35.2 Å². The Morgan fingerprint density at radius 3 is 2.50 bits per heavy atom. The predicted octanol–water partition coefficient (Wildman–Crippen LogP) is 5.11. The molecule has 1 aliphatic rings. The van der Waals surface area contributed by atoms with Crippen molar-refractivity contribution < 1.29 is 32.3 Å². The lowest BCUT2D eigenvalue weighted by atomic mass is 9.94. The molecule has 1 saturated heterocycles. The summed E-state index contributed by atoms with van der Waals surface area (Å²) in [6.45, 7) is 1.71. The van der Waals surface area contributed by atoms with Crippen molar-refractivity contribution in [3.05, 3.63) is 83.0 Å². The van der Waals surface area contributed by atoms with E-state index in [0.717, 1.165) is 17.0 Å². The van der Waals surface area contributed by atoms with Gasteiger partial charge in [-0.05, 0) is 54.1 Å². The fraction of sp³-hybridized carbons (Fsp3) is 0.167. The first-order chi connectivity index (χ1) is 17.0. The molecule has 4 amide bonds. The monoisotopic (exact) mass is 518 g/mol. The van der Waals surface area contributed by atoms with Gasteiger partial charge in [-0.3, -0.25) is 9.59 Å². The molecule has 0 radical (unpaired) electrons. The van der Waals surface area contributed by atoms with Crippen LogP contribution in [0, 0.1) is 0 Å². The van der Waals surface area contributed by atoms with Gasteiger partial charge in [0.05, 0.1) is 16.3 Å². The number of ether oxygens (including phenoxy) is 1. The number of hydrogen-bond acceptors (Lipinski definition) is 5. The summed E-state index contributed by atoms with van der Waals surface area (Å²) in [5, 5.41) is 5.52. The van der Waals surface area contributed by atoms with E-state index in [4.69, 9.17) is 11.6 Å². The van der Waals surface area contributed by atoms with E-state index >= 15 is 0 Å². The largest absolute Gasteiger partial charge is 0.573 e. The summed E-state index contributed by atoms with van der Waals surface area (Å²) in [7, 11) is 0. The second kappa shape index (κ2) is 9.86. The summed E-state index contributed by atoms with van der Waals surface area (Å²) in [6.07, 6.45) is -3.41. The van der Waals surface area contributed by atoms with Gasteiger partial charge in [0.2, 0.25) is 0 Å². The Hall–Kier alpha value is -4.12. The number of rotatable bonds is 6. The summed E-state index contributed by atoms with van der Waals surface area (Å²) in [5.41, 5.74) is 0.956. The third-order valence-electron chi connectivity index (χ3n) is 5.47. The number of carbonyl (C=O) groups excluding carboxylic acids is 3. The minimum Gasteiger partial charge on any atom is -0.406 e. The Labute approximate surface area is 208 Å². The molecule has 1 aliphatic heterocycles. The van der Waals surface area contributed by atoms with Crippen LogP contribution in [0.3, 0.4) is 0 Å². The van der Waals surface area contributed by atoms with Crippen LogP contribution in [0.5, 0.6) is 5.75 Å². The minimum absolute atomic E-state index is 0.0872. The highest BCUT2D eigenvalue weighted by molar-refractivity contribution is 6.34. The second-order valence-electron chi connectivity index (χ2n) is 7.84. The molecule has 2 atom stereocenters. The topological polar surface area (TPSA) is 101 Å². The van der Waals surface area contributed by atoms with Crippen molar-refractivity contribution in [2.75, 3.05) is 10.2 Å². The van der Waals surface area contributed by atoms with E-state index in [1.54, 1.807) is 43.3 Å². The van der Waals surface area contributed by atoms with E-state index < -0.39 is 41.9 Å². The smallest absolute Gasteiger partial charge is 0.406 e. The molecule has 2 unspecified atom stereocenters. The fourth-order valence-corrected chi connectivity index (χ4v) is 3.92. The number of carbonyl (C=O) groups is 3. The number of hydrogen-bond donors (Lipinski definition) is 2. The molecular formula is C24H18ClF3N4O4. The number of halogens is 4. The van der Waals surface area contributed by atoms with Gasteiger partial charge in [0.25, 0.3) is 11.8 Å². The zero-order valence-electron chi connectivity index (χ0n) is 18.5. The average molecular weight is 519 g/mol. The lowest BCUT2D eigenvalue weighted by molar-refractivity contribution is -0.274. The molecule has 2 aromatic carbocycles. The number of alkyl halides is 3. The highest BCUT2D eigenvalue weighted by atomic mass is 35.5. The van der Waals surface area contributed by atoms with Gasteiger partial charge in [-0.1, -0.05) is 30.7 Å². The van der Waals surface area contributed by atoms with Gasteiger partial charge in [-0.15, -0.1) is 13.2 Å². The van der Waals surface area contributed by atoms with Crippen LogP contribution in [0.1, 0.15) is 28.8 Å². The first-order valence-corrected chi connectivity index (χ1v) is 10.9. The van der Waals surface area contributed by atoms with Gasteiger partial charge in [0.15, 0.2) is 0 Å². The first-order valence-electron chi connectivity index (χ1n) is 10.6. The van der Waals surface area contributed by atoms with Gasteiger partial charge in [0, 0.05) is 12.1 Å². The van der Waals surface area contributed by atoms with Crippen molar-refractivity contribution in [1.82, 2.24) is 10.3 Å². The predicted molar refractivity (Wildman–Crippen MR) is 125 cm³/mol. The number of imide groups is 1. The molecule has 186 valence electrons. The Morgan fingerprint density at radius 2 is 1.83 bits per heavy atom. The molecule has 1 aromatic heterocycles.